The van der Waals surface area contributed by atoms with Crippen molar-refractivity contribution in [1.29, 1.82) is 0 Å². The van der Waals surface area contributed by atoms with Crippen LogP contribution in [-0.2, 0) is 18.3 Å². The second-order valence-electron chi connectivity index (χ2n) is 8.85. The number of hydrogen-bond acceptors (Lipinski definition) is 1. The molecular formula is C26H36O. The minimum absolute atomic E-state index is 0.0799. The summed E-state index contributed by atoms with van der Waals surface area (Å²) in [4.78, 5) is 0. The van der Waals surface area contributed by atoms with Crippen LogP contribution in [0.4, 0.5) is 0 Å². The highest BCUT2D eigenvalue weighted by molar-refractivity contribution is 5.62. The smallest absolute Gasteiger partial charge is 0.122 e. The Balaban J connectivity index is 2.57. The van der Waals surface area contributed by atoms with E-state index in [1.54, 1.807) is 0 Å². The van der Waals surface area contributed by atoms with E-state index in [-0.39, 0.29) is 5.41 Å². The molecule has 0 bridgehead atoms. The van der Waals surface area contributed by atoms with Gasteiger partial charge in [0.15, 0.2) is 0 Å². The number of phenolic OH excluding ortho intramolecular Hbond substituents is 1. The summed E-state index contributed by atoms with van der Waals surface area (Å²) in [5.41, 5.74) is 8.67. The molecule has 0 aliphatic rings. The van der Waals surface area contributed by atoms with Crippen molar-refractivity contribution in [1.82, 2.24) is 0 Å². The molecule has 0 aromatic heterocycles. The molecule has 1 N–H and O–H groups in total. The Bertz CT molecular complexity index is 819. The van der Waals surface area contributed by atoms with E-state index in [4.69, 9.17) is 0 Å². The average molecular weight is 365 g/mol. The highest BCUT2D eigenvalue weighted by atomic mass is 16.3. The second-order valence-corrected chi connectivity index (χ2v) is 8.85. The molecule has 1 heteroatoms. The number of unbranched alkanes of at least 4 members (excludes halogenated alkanes) is 1. The fraction of sp³-hybridized carbons (Fsp3) is 0.462. The number of hydrogen-bond donors (Lipinski definition) is 1. The summed E-state index contributed by atoms with van der Waals surface area (Å²) in [7, 11) is 0. The lowest BCUT2D eigenvalue weighted by atomic mass is 9.80. The normalized spacial score (nSPS) is 12.1. The lowest BCUT2D eigenvalue weighted by molar-refractivity contribution is 0.461. The van der Waals surface area contributed by atoms with Crippen molar-refractivity contribution in [3.8, 4) is 5.75 Å². The molecule has 2 aromatic rings. The monoisotopic (exact) mass is 364 g/mol. The molecule has 0 spiro atoms. The van der Waals surface area contributed by atoms with E-state index in [9.17, 15) is 5.11 Å². The molecule has 2 aromatic carbocycles. The fourth-order valence-corrected chi connectivity index (χ4v) is 3.83. The van der Waals surface area contributed by atoms with E-state index < -0.39 is 0 Å². The molecule has 0 saturated carbocycles. The van der Waals surface area contributed by atoms with Crippen LogP contribution in [0, 0.1) is 13.8 Å². The van der Waals surface area contributed by atoms with Crippen LogP contribution >= 0.6 is 0 Å². The summed E-state index contributed by atoms with van der Waals surface area (Å²) < 4.78 is 0. The highest BCUT2D eigenvalue weighted by Gasteiger charge is 2.20. The minimum Gasteiger partial charge on any atom is -0.507 e. The molecule has 0 heterocycles. The van der Waals surface area contributed by atoms with Crippen molar-refractivity contribution in [2.24, 2.45) is 0 Å². The van der Waals surface area contributed by atoms with Crippen molar-refractivity contribution < 1.29 is 5.11 Å². The SMILES string of the molecule is CC=Cc1c(Cc2cc(C)cc(CCCC)c2O)cc(C)cc1C(C)(C)C. The van der Waals surface area contributed by atoms with E-state index in [1.807, 2.05) is 0 Å². The quantitative estimate of drug-likeness (QED) is 0.571. The first kappa shape index (κ1) is 21.3. The van der Waals surface area contributed by atoms with E-state index in [2.05, 4.69) is 84.9 Å². The fourth-order valence-electron chi connectivity index (χ4n) is 3.83. The molecule has 0 radical (unpaired) electrons. The molecule has 0 amide bonds. The minimum atomic E-state index is 0.0799. The van der Waals surface area contributed by atoms with Crippen molar-refractivity contribution in [3.63, 3.8) is 0 Å². The average Bonchev–Trinajstić information content (AvgIpc) is 2.57. The van der Waals surface area contributed by atoms with Crippen molar-refractivity contribution >= 4 is 6.08 Å². The maximum absolute atomic E-state index is 10.9. The number of aromatic hydroxyl groups is 1. The van der Waals surface area contributed by atoms with Gasteiger partial charge in [0.25, 0.3) is 0 Å². The van der Waals surface area contributed by atoms with Gasteiger partial charge in [0.1, 0.15) is 5.75 Å². The first-order chi connectivity index (χ1) is 12.7. The van der Waals surface area contributed by atoms with E-state index in [0.29, 0.717) is 5.75 Å². The van der Waals surface area contributed by atoms with Gasteiger partial charge in [-0.05, 0) is 66.8 Å². The summed E-state index contributed by atoms with van der Waals surface area (Å²) in [6, 6.07) is 8.86. The molecule has 146 valence electrons. The number of benzene rings is 2. The van der Waals surface area contributed by atoms with Crippen LogP contribution in [-0.4, -0.2) is 5.11 Å². The molecule has 0 aliphatic heterocycles. The van der Waals surface area contributed by atoms with Crippen LogP contribution in [0.1, 0.15) is 86.4 Å². The molecule has 0 unspecified atom stereocenters. The highest BCUT2D eigenvalue weighted by Crippen LogP contribution is 2.34. The maximum Gasteiger partial charge on any atom is 0.122 e. The largest absolute Gasteiger partial charge is 0.507 e. The van der Waals surface area contributed by atoms with Crippen LogP contribution in [0.15, 0.2) is 30.3 Å². The number of phenols is 1. The van der Waals surface area contributed by atoms with E-state index in [1.165, 1.54) is 27.8 Å². The van der Waals surface area contributed by atoms with Crippen LogP contribution in [0.3, 0.4) is 0 Å². The molecule has 0 fully saturated rings. The van der Waals surface area contributed by atoms with E-state index >= 15 is 0 Å². The standard InChI is InChI=1S/C26H36O/c1-8-10-12-20-13-18(3)15-22(25(20)27)17-21-14-19(4)16-24(26(5,6)7)23(21)11-9-2/h9,11,13-16,27H,8,10,12,17H2,1-7H3. The molecule has 2 rings (SSSR count). The third-order valence-corrected chi connectivity index (χ3v) is 5.14. The van der Waals surface area contributed by atoms with Gasteiger partial charge in [0, 0.05) is 6.42 Å². The molecule has 27 heavy (non-hydrogen) atoms. The van der Waals surface area contributed by atoms with Gasteiger partial charge in [0.05, 0.1) is 0 Å². The van der Waals surface area contributed by atoms with Gasteiger partial charge in [-0.25, -0.2) is 0 Å². The zero-order valence-electron chi connectivity index (χ0n) is 18.2. The van der Waals surface area contributed by atoms with Gasteiger partial charge in [0.2, 0.25) is 0 Å². The van der Waals surface area contributed by atoms with Crippen LogP contribution in [0.2, 0.25) is 0 Å². The Morgan fingerprint density at radius 1 is 0.926 bits per heavy atom. The predicted molar refractivity (Wildman–Crippen MR) is 119 cm³/mol. The van der Waals surface area contributed by atoms with Gasteiger partial charge in [-0.2, -0.15) is 0 Å². The molecule has 0 aliphatic carbocycles. The zero-order valence-corrected chi connectivity index (χ0v) is 18.2. The van der Waals surface area contributed by atoms with Crippen LogP contribution < -0.4 is 0 Å². The lowest BCUT2D eigenvalue weighted by Crippen LogP contribution is -2.15. The predicted octanol–water partition coefficient (Wildman–Crippen LogP) is 7.27. The summed E-state index contributed by atoms with van der Waals surface area (Å²) in [6.07, 6.45) is 8.29. The first-order valence-corrected chi connectivity index (χ1v) is 10.3. The van der Waals surface area contributed by atoms with Gasteiger partial charge >= 0.3 is 0 Å². The zero-order chi connectivity index (χ0) is 20.2. The van der Waals surface area contributed by atoms with Crippen molar-refractivity contribution in [3.05, 3.63) is 69.3 Å². The first-order valence-electron chi connectivity index (χ1n) is 10.3. The number of rotatable bonds is 6. The Morgan fingerprint density at radius 3 is 2.11 bits per heavy atom. The summed E-state index contributed by atoms with van der Waals surface area (Å²) in [5.74, 6) is 0.485. The Hall–Kier alpha value is -2.02. The summed E-state index contributed by atoms with van der Waals surface area (Å²) >= 11 is 0. The van der Waals surface area contributed by atoms with Crippen LogP contribution in [0.25, 0.3) is 6.08 Å². The maximum atomic E-state index is 10.9. The van der Waals surface area contributed by atoms with Gasteiger partial charge in [-0.3, -0.25) is 0 Å². The topological polar surface area (TPSA) is 20.2 Å². The molecule has 0 saturated heterocycles. The van der Waals surface area contributed by atoms with E-state index in [0.717, 1.165) is 36.8 Å². The molecule has 0 atom stereocenters. The Labute approximate surface area is 166 Å². The third-order valence-electron chi connectivity index (χ3n) is 5.14. The van der Waals surface area contributed by atoms with Gasteiger partial charge < -0.3 is 5.11 Å². The Kier molecular flexibility index (Phi) is 6.92. The summed E-state index contributed by atoms with van der Waals surface area (Å²) in [6.45, 7) is 15.4. The van der Waals surface area contributed by atoms with Crippen molar-refractivity contribution in [2.75, 3.05) is 0 Å². The van der Waals surface area contributed by atoms with Gasteiger partial charge in [-0.15, -0.1) is 0 Å². The van der Waals surface area contributed by atoms with Crippen molar-refractivity contribution in [2.45, 2.75) is 79.6 Å². The molecule has 1 nitrogen and oxygen atoms in total. The Morgan fingerprint density at radius 2 is 1.52 bits per heavy atom. The number of aryl methyl sites for hydroxylation is 3. The van der Waals surface area contributed by atoms with Crippen LogP contribution in [0.5, 0.6) is 5.75 Å². The molecular weight excluding hydrogens is 328 g/mol. The lowest BCUT2D eigenvalue weighted by Gasteiger charge is -2.25. The second kappa shape index (κ2) is 8.78. The summed E-state index contributed by atoms with van der Waals surface area (Å²) in [5, 5.41) is 10.9. The number of allylic oxidation sites excluding steroid dienone is 1. The third kappa shape index (κ3) is 5.25. The van der Waals surface area contributed by atoms with Gasteiger partial charge in [-0.1, -0.05) is 81.7 Å².